The number of hydrogen-bond acceptors (Lipinski definition) is 3. The van der Waals surface area contributed by atoms with Gasteiger partial charge in [-0.2, -0.15) is 0 Å². The van der Waals surface area contributed by atoms with Gasteiger partial charge in [0.15, 0.2) is 0 Å². The Balaban J connectivity index is 1.59. The van der Waals surface area contributed by atoms with Gasteiger partial charge in [0.1, 0.15) is 5.65 Å². The number of rotatable bonds is 3. The molecule has 0 N–H and O–H groups in total. The fraction of sp³-hybridized carbons (Fsp3) is 0.400. The molecule has 0 saturated carbocycles. The molecule has 4 nitrogen and oxygen atoms in total. The molecule has 122 valence electrons. The van der Waals surface area contributed by atoms with Crippen molar-refractivity contribution in [3.05, 3.63) is 59.7 Å². The molecular formula is C20H22N4. The maximum atomic E-state index is 4.74. The van der Waals surface area contributed by atoms with Gasteiger partial charge in [-0.15, -0.1) is 0 Å². The molecule has 1 fully saturated rings. The smallest absolute Gasteiger partial charge is 0.140 e. The van der Waals surface area contributed by atoms with Gasteiger partial charge in [0.05, 0.1) is 0 Å². The van der Waals surface area contributed by atoms with E-state index < -0.39 is 0 Å². The van der Waals surface area contributed by atoms with Gasteiger partial charge in [0.2, 0.25) is 0 Å². The highest BCUT2D eigenvalue weighted by molar-refractivity contribution is 5.83. The lowest BCUT2D eigenvalue weighted by atomic mass is 9.96. The van der Waals surface area contributed by atoms with Crippen LogP contribution in [-0.2, 0) is 19.4 Å². The Hall–Kier alpha value is -2.20. The Morgan fingerprint density at radius 2 is 2.08 bits per heavy atom. The van der Waals surface area contributed by atoms with E-state index >= 15 is 0 Å². The zero-order valence-electron chi connectivity index (χ0n) is 13.9. The van der Waals surface area contributed by atoms with Gasteiger partial charge < -0.3 is 4.57 Å². The summed E-state index contributed by atoms with van der Waals surface area (Å²) in [4.78, 5) is 11.7. The Kier molecular flexibility index (Phi) is 3.37. The van der Waals surface area contributed by atoms with Gasteiger partial charge in [-0.1, -0.05) is 6.07 Å². The standard InChI is InChI=1S/C20H22N4/c1-4-15(14-21-9-1)7-13-24-18-8-12-23-11-3-6-17(23)19(18)16-5-2-10-22-20(16)24/h1-2,4-5,9-10,14,17H,3,6-8,11-13H2. The highest BCUT2D eigenvalue weighted by atomic mass is 15.2. The topological polar surface area (TPSA) is 34.0 Å². The largest absolute Gasteiger partial charge is 0.329 e. The fourth-order valence-electron chi connectivity index (χ4n) is 4.59. The van der Waals surface area contributed by atoms with E-state index in [4.69, 9.17) is 4.98 Å². The summed E-state index contributed by atoms with van der Waals surface area (Å²) in [7, 11) is 0. The molecule has 5 heterocycles. The molecule has 0 spiro atoms. The van der Waals surface area contributed by atoms with Gasteiger partial charge in [0, 0.05) is 55.2 Å². The Bertz CT molecular complexity index is 868. The molecule has 2 aliphatic rings. The SMILES string of the molecule is c1cncc(CCn2c3c(c4cccnc42)C2CCCN2CC3)c1. The molecule has 2 aliphatic heterocycles. The average Bonchev–Trinajstić information content (AvgIpc) is 3.23. The fourth-order valence-corrected chi connectivity index (χ4v) is 4.59. The van der Waals surface area contributed by atoms with Crippen molar-refractivity contribution in [3.8, 4) is 0 Å². The lowest BCUT2D eigenvalue weighted by molar-refractivity contribution is 0.242. The molecule has 5 rings (SSSR count). The van der Waals surface area contributed by atoms with Gasteiger partial charge >= 0.3 is 0 Å². The van der Waals surface area contributed by atoms with Crippen molar-refractivity contribution in [3.63, 3.8) is 0 Å². The minimum atomic E-state index is 0.611. The summed E-state index contributed by atoms with van der Waals surface area (Å²) >= 11 is 0. The van der Waals surface area contributed by atoms with Crippen LogP contribution in [0.5, 0.6) is 0 Å². The normalized spacial score (nSPS) is 20.2. The molecule has 0 aromatic carbocycles. The molecule has 0 aliphatic carbocycles. The van der Waals surface area contributed by atoms with E-state index in [0.29, 0.717) is 6.04 Å². The lowest BCUT2D eigenvalue weighted by Gasteiger charge is -2.30. The van der Waals surface area contributed by atoms with Crippen LogP contribution in [0.15, 0.2) is 42.9 Å². The maximum absolute atomic E-state index is 4.74. The zero-order valence-corrected chi connectivity index (χ0v) is 13.9. The van der Waals surface area contributed by atoms with Crippen LogP contribution >= 0.6 is 0 Å². The highest BCUT2D eigenvalue weighted by Gasteiger charge is 2.35. The second kappa shape index (κ2) is 5.71. The second-order valence-corrected chi connectivity index (χ2v) is 6.94. The van der Waals surface area contributed by atoms with Crippen molar-refractivity contribution in [2.45, 2.75) is 38.3 Å². The first-order chi connectivity index (χ1) is 11.9. The summed E-state index contributed by atoms with van der Waals surface area (Å²) in [5.74, 6) is 0. The van der Waals surface area contributed by atoms with Crippen molar-refractivity contribution < 1.29 is 0 Å². The van der Waals surface area contributed by atoms with Crippen molar-refractivity contribution >= 4 is 11.0 Å². The molecule has 0 amide bonds. The molecule has 1 saturated heterocycles. The van der Waals surface area contributed by atoms with Crippen LogP contribution in [0.3, 0.4) is 0 Å². The van der Waals surface area contributed by atoms with E-state index in [9.17, 15) is 0 Å². The number of aryl methyl sites for hydroxylation is 2. The molecule has 4 heteroatoms. The third-order valence-corrected chi connectivity index (χ3v) is 5.65. The molecular weight excluding hydrogens is 296 g/mol. The Morgan fingerprint density at radius 1 is 1.12 bits per heavy atom. The molecule has 24 heavy (non-hydrogen) atoms. The Labute approximate surface area is 142 Å². The predicted octanol–water partition coefficient (Wildman–Crippen LogP) is 3.37. The highest BCUT2D eigenvalue weighted by Crippen LogP contribution is 2.42. The van der Waals surface area contributed by atoms with Crippen molar-refractivity contribution in [1.82, 2.24) is 19.4 Å². The number of fused-ring (bicyclic) bond motifs is 5. The summed E-state index contributed by atoms with van der Waals surface area (Å²) in [6.45, 7) is 3.44. The van der Waals surface area contributed by atoms with Crippen molar-refractivity contribution in [2.24, 2.45) is 0 Å². The summed E-state index contributed by atoms with van der Waals surface area (Å²) in [5, 5.41) is 1.37. The van der Waals surface area contributed by atoms with E-state index in [1.807, 2.05) is 24.7 Å². The van der Waals surface area contributed by atoms with Crippen LogP contribution < -0.4 is 0 Å². The van der Waals surface area contributed by atoms with E-state index in [1.54, 1.807) is 5.56 Å². The number of nitrogens with zero attached hydrogens (tertiary/aromatic N) is 4. The maximum Gasteiger partial charge on any atom is 0.140 e. The third-order valence-electron chi connectivity index (χ3n) is 5.65. The minimum absolute atomic E-state index is 0.611. The second-order valence-electron chi connectivity index (χ2n) is 6.94. The molecule has 0 bridgehead atoms. The number of pyridine rings is 2. The van der Waals surface area contributed by atoms with Crippen molar-refractivity contribution in [1.29, 1.82) is 0 Å². The summed E-state index contributed by atoms with van der Waals surface area (Å²) in [5.41, 5.74) is 5.55. The van der Waals surface area contributed by atoms with Crippen LogP contribution in [0.25, 0.3) is 11.0 Å². The van der Waals surface area contributed by atoms with Crippen LogP contribution in [0, 0.1) is 0 Å². The molecule has 1 atom stereocenters. The summed E-state index contributed by atoms with van der Waals surface area (Å²) < 4.78 is 2.48. The third kappa shape index (κ3) is 2.17. The predicted molar refractivity (Wildman–Crippen MR) is 94.9 cm³/mol. The van der Waals surface area contributed by atoms with Crippen molar-refractivity contribution in [2.75, 3.05) is 13.1 Å². The van der Waals surface area contributed by atoms with Crippen LogP contribution in [0.4, 0.5) is 0 Å². The minimum Gasteiger partial charge on any atom is -0.329 e. The van der Waals surface area contributed by atoms with Gasteiger partial charge in [0.25, 0.3) is 0 Å². The van der Waals surface area contributed by atoms with E-state index in [-0.39, 0.29) is 0 Å². The van der Waals surface area contributed by atoms with E-state index in [0.717, 1.165) is 19.4 Å². The van der Waals surface area contributed by atoms with E-state index in [1.165, 1.54) is 48.2 Å². The lowest BCUT2D eigenvalue weighted by Crippen LogP contribution is -2.31. The first-order valence-corrected chi connectivity index (χ1v) is 9.01. The van der Waals surface area contributed by atoms with Gasteiger partial charge in [-0.05, 0) is 55.1 Å². The van der Waals surface area contributed by atoms with Crippen LogP contribution in [0.1, 0.15) is 35.7 Å². The average molecular weight is 318 g/mol. The summed E-state index contributed by atoms with van der Waals surface area (Å²) in [6, 6.07) is 9.15. The molecule has 0 radical (unpaired) electrons. The quantitative estimate of drug-likeness (QED) is 0.742. The van der Waals surface area contributed by atoms with Gasteiger partial charge in [-0.3, -0.25) is 9.88 Å². The monoisotopic (exact) mass is 318 g/mol. The first-order valence-electron chi connectivity index (χ1n) is 9.01. The molecule has 3 aromatic heterocycles. The summed E-state index contributed by atoms with van der Waals surface area (Å²) in [6.07, 6.45) is 10.5. The van der Waals surface area contributed by atoms with E-state index in [2.05, 4.69) is 32.7 Å². The molecule has 3 aromatic rings. The first kappa shape index (κ1) is 14.2. The van der Waals surface area contributed by atoms with Crippen LogP contribution in [-0.4, -0.2) is 32.5 Å². The zero-order chi connectivity index (χ0) is 15.9. The molecule has 1 unspecified atom stereocenters. The van der Waals surface area contributed by atoms with Crippen LogP contribution in [0.2, 0.25) is 0 Å². The number of hydrogen-bond donors (Lipinski definition) is 0. The van der Waals surface area contributed by atoms with Gasteiger partial charge in [-0.25, -0.2) is 4.98 Å². The Morgan fingerprint density at radius 3 is 3.00 bits per heavy atom. The number of aromatic nitrogens is 3.